The maximum Gasteiger partial charge on any atom is 0.316 e. The molecule has 1 amide bonds. The molecule has 0 unspecified atom stereocenters. The van der Waals surface area contributed by atoms with E-state index in [4.69, 9.17) is 27.9 Å². The molecule has 28 heavy (non-hydrogen) atoms. The first kappa shape index (κ1) is 20.4. The summed E-state index contributed by atoms with van der Waals surface area (Å²) in [6.07, 6.45) is -0.928. The summed E-state index contributed by atoms with van der Waals surface area (Å²) in [6, 6.07) is 15.2. The molecule has 0 aliphatic heterocycles. The van der Waals surface area contributed by atoms with E-state index in [0.717, 1.165) is 0 Å². The van der Waals surface area contributed by atoms with Crippen molar-refractivity contribution in [2.45, 2.75) is 30.7 Å². The lowest BCUT2D eigenvalue weighted by Crippen LogP contribution is -2.30. The molecule has 0 aromatic heterocycles. The maximum absolute atomic E-state index is 12.9. The number of nitrogens with one attached hydrogen (secondary N) is 1. The van der Waals surface area contributed by atoms with Crippen molar-refractivity contribution in [3.8, 4) is 0 Å². The summed E-state index contributed by atoms with van der Waals surface area (Å²) >= 11 is 12.1. The Morgan fingerprint density at radius 1 is 1.07 bits per heavy atom. The molecule has 1 aliphatic rings. The molecule has 1 N–H and O–H groups in total. The van der Waals surface area contributed by atoms with Crippen molar-refractivity contribution in [3.63, 3.8) is 0 Å². The molecule has 2 aromatic carbocycles. The van der Waals surface area contributed by atoms with Crippen LogP contribution < -0.4 is 5.32 Å². The molecule has 0 spiro atoms. The van der Waals surface area contributed by atoms with E-state index >= 15 is 0 Å². The molecule has 2 atom stereocenters. The van der Waals surface area contributed by atoms with E-state index in [1.54, 1.807) is 61.5 Å². The molecule has 7 heteroatoms. The van der Waals surface area contributed by atoms with Crippen molar-refractivity contribution >= 4 is 46.5 Å². The van der Waals surface area contributed by atoms with Gasteiger partial charge < -0.3 is 10.1 Å². The number of rotatable bonds is 6. The van der Waals surface area contributed by atoms with Crippen LogP contribution in [0.1, 0.15) is 42.3 Å². The summed E-state index contributed by atoms with van der Waals surface area (Å²) < 4.78 is 4.33. The number of ether oxygens (including phenoxy) is 1. The van der Waals surface area contributed by atoms with Crippen LogP contribution in [0.2, 0.25) is 0 Å². The average molecular weight is 420 g/mol. The van der Waals surface area contributed by atoms with E-state index in [9.17, 15) is 14.4 Å². The van der Waals surface area contributed by atoms with Crippen LogP contribution in [0.15, 0.2) is 54.6 Å². The van der Waals surface area contributed by atoms with Crippen LogP contribution in [0.5, 0.6) is 0 Å². The Kier molecular flexibility index (Phi) is 5.50. The molecule has 5 nitrogen and oxygen atoms in total. The van der Waals surface area contributed by atoms with Crippen molar-refractivity contribution < 1.29 is 19.1 Å². The minimum atomic E-state index is -1.20. The maximum atomic E-state index is 12.9. The second-order valence-corrected chi connectivity index (χ2v) is 8.52. The largest absolute Gasteiger partial charge is 0.447 e. The number of esters is 1. The molecular weight excluding hydrogens is 401 g/mol. The van der Waals surface area contributed by atoms with E-state index < -0.39 is 27.7 Å². The number of halogens is 2. The zero-order chi connectivity index (χ0) is 20.5. The number of carbonyl (C=O) groups excluding carboxylic acids is 3. The topological polar surface area (TPSA) is 72.5 Å². The molecule has 0 saturated heterocycles. The number of alkyl halides is 2. The summed E-state index contributed by atoms with van der Waals surface area (Å²) in [5.74, 6) is -1.30. The summed E-state index contributed by atoms with van der Waals surface area (Å²) in [4.78, 5) is 37.1. The molecule has 1 fully saturated rings. The molecule has 0 bridgehead atoms. The number of benzene rings is 2. The Hall–Kier alpha value is -2.37. The van der Waals surface area contributed by atoms with Gasteiger partial charge in [-0.2, -0.15) is 0 Å². The molecule has 2 aromatic rings. The van der Waals surface area contributed by atoms with E-state index in [2.05, 4.69) is 5.32 Å². The molecule has 3 rings (SSSR count). The van der Waals surface area contributed by atoms with Gasteiger partial charge >= 0.3 is 5.97 Å². The van der Waals surface area contributed by atoms with Gasteiger partial charge in [0.05, 0.1) is 0 Å². The highest BCUT2D eigenvalue weighted by Gasteiger charge is 2.69. The smallest absolute Gasteiger partial charge is 0.316 e. The third-order valence-electron chi connectivity index (χ3n) is 4.81. The van der Waals surface area contributed by atoms with Crippen LogP contribution in [0.25, 0.3) is 0 Å². The van der Waals surface area contributed by atoms with Gasteiger partial charge in [0.15, 0.2) is 5.78 Å². The van der Waals surface area contributed by atoms with Gasteiger partial charge in [-0.05, 0) is 26.0 Å². The van der Waals surface area contributed by atoms with E-state index in [0.29, 0.717) is 16.8 Å². The summed E-state index contributed by atoms with van der Waals surface area (Å²) in [5, 5.41) is 2.70. The van der Waals surface area contributed by atoms with Crippen molar-refractivity contribution in [2.75, 3.05) is 5.32 Å². The quantitative estimate of drug-likeness (QED) is 0.418. The molecule has 1 saturated carbocycles. The predicted molar refractivity (Wildman–Crippen MR) is 108 cm³/mol. The van der Waals surface area contributed by atoms with Crippen molar-refractivity contribution in [1.29, 1.82) is 0 Å². The highest BCUT2D eigenvalue weighted by atomic mass is 35.5. The van der Waals surface area contributed by atoms with Gasteiger partial charge in [0.25, 0.3) is 5.91 Å². The van der Waals surface area contributed by atoms with Gasteiger partial charge in [0.1, 0.15) is 9.75 Å². The van der Waals surface area contributed by atoms with Gasteiger partial charge in [0.2, 0.25) is 6.10 Å². The Morgan fingerprint density at radius 2 is 1.71 bits per heavy atom. The molecule has 0 radical (unpaired) electrons. The van der Waals surface area contributed by atoms with Crippen LogP contribution in [0, 0.1) is 5.41 Å². The zero-order valence-corrected chi connectivity index (χ0v) is 16.9. The van der Waals surface area contributed by atoms with Crippen LogP contribution in [0.3, 0.4) is 0 Å². The first-order valence-corrected chi connectivity index (χ1v) is 9.45. The lowest BCUT2D eigenvalue weighted by molar-refractivity contribution is -0.159. The molecule has 1 aliphatic carbocycles. The van der Waals surface area contributed by atoms with Crippen molar-refractivity contribution in [3.05, 3.63) is 65.7 Å². The fourth-order valence-corrected chi connectivity index (χ4v) is 3.47. The second kappa shape index (κ2) is 7.57. The summed E-state index contributed by atoms with van der Waals surface area (Å²) in [5.41, 5.74) is 0.342. The van der Waals surface area contributed by atoms with Crippen LogP contribution in [-0.4, -0.2) is 22.0 Å². The zero-order valence-electron chi connectivity index (χ0n) is 15.4. The highest BCUT2D eigenvalue weighted by molar-refractivity contribution is 6.53. The van der Waals surface area contributed by atoms with E-state index in [-0.39, 0.29) is 12.2 Å². The minimum absolute atomic E-state index is 0.121. The minimum Gasteiger partial charge on any atom is -0.447 e. The monoisotopic (exact) mass is 419 g/mol. The average Bonchev–Trinajstić information content (AvgIpc) is 3.19. The van der Waals surface area contributed by atoms with Crippen molar-refractivity contribution in [2.24, 2.45) is 5.41 Å². The van der Waals surface area contributed by atoms with Crippen LogP contribution in [0.4, 0.5) is 5.69 Å². The number of ketones is 1. The second-order valence-electron chi connectivity index (χ2n) is 7.04. The van der Waals surface area contributed by atoms with E-state index in [1.165, 1.54) is 6.92 Å². The summed E-state index contributed by atoms with van der Waals surface area (Å²) in [6.45, 7) is 3.04. The first-order chi connectivity index (χ1) is 13.1. The Morgan fingerprint density at radius 3 is 2.29 bits per heavy atom. The standard InChI is InChI=1S/C21H19Cl2NO4/c1-13(25)15-9-6-10-16(11-15)24-18(26)17(14-7-4-3-5-8-14)28-19(27)20(2)12-21(20,22)23/h3-11,17H,12H2,1-2H3,(H,24,26)/t17-,20+/m0/s1. The van der Waals surface area contributed by atoms with Gasteiger partial charge in [-0.1, -0.05) is 42.5 Å². The van der Waals surface area contributed by atoms with Crippen LogP contribution >= 0.6 is 23.2 Å². The van der Waals surface area contributed by atoms with Gasteiger partial charge in [0, 0.05) is 23.2 Å². The number of amides is 1. The molecule has 146 valence electrons. The molecule has 0 heterocycles. The fraction of sp³-hybridized carbons (Fsp3) is 0.286. The Balaban J connectivity index is 1.83. The number of hydrogen-bond acceptors (Lipinski definition) is 4. The van der Waals surface area contributed by atoms with Gasteiger partial charge in [-0.15, -0.1) is 23.2 Å². The van der Waals surface area contributed by atoms with Crippen LogP contribution in [-0.2, 0) is 14.3 Å². The predicted octanol–water partition coefficient (Wildman–Crippen LogP) is 4.70. The lowest BCUT2D eigenvalue weighted by atomic mass is 10.1. The van der Waals surface area contributed by atoms with Gasteiger partial charge in [-0.3, -0.25) is 14.4 Å². The lowest BCUT2D eigenvalue weighted by Gasteiger charge is -2.21. The number of Topliss-reactive ketones (excluding diaryl/α,β-unsaturated/α-hetero) is 1. The number of hydrogen-bond donors (Lipinski definition) is 1. The SMILES string of the molecule is CC(=O)c1cccc(NC(=O)[C@@H](OC(=O)[C@@]2(C)CC2(Cl)Cl)c2ccccc2)c1. The Labute approximate surface area is 173 Å². The van der Waals surface area contributed by atoms with Crippen molar-refractivity contribution in [1.82, 2.24) is 0 Å². The number of anilines is 1. The highest BCUT2D eigenvalue weighted by Crippen LogP contribution is 2.64. The van der Waals surface area contributed by atoms with Gasteiger partial charge in [-0.25, -0.2) is 0 Å². The molecular formula is C21H19Cl2NO4. The fourth-order valence-electron chi connectivity index (χ4n) is 2.78. The number of carbonyl (C=O) groups is 3. The van der Waals surface area contributed by atoms with E-state index in [1.807, 2.05) is 0 Å². The Bertz CT molecular complexity index is 929. The summed E-state index contributed by atoms with van der Waals surface area (Å²) in [7, 11) is 0. The first-order valence-electron chi connectivity index (χ1n) is 8.70. The normalized spacial score (nSPS) is 20.7. The third kappa shape index (κ3) is 4.05. The third-order valence-corrected chi connectivity index (χ3v) is 5.91.